The fourth-order valence-electron chi connectivity index (χ4n) is 1.28. The maximum Gasteiger partial charge on any atom is 0.188 e. The van der Waals surface area contributed by atoms with E-state index in [9.17, 15) is 0 Å². The first-order valence-corrected chi connectivity index (χ1v) is 4.98. The smallest absolute Gasteiger partial charge is 0.188 e. The molecule has 0 unspecified atom stereocenters. The molecule has 1 radical (unpaired) electrons. The van der Waals surface area contributed by atoms with Crippen molar-refractivity contribution in [2.24, 2.45) is 0 Å². The zero-order chi connectivity index (χ0) is 11.8. The van der Waals surface area contributed by atoms with Crippen molar-refractivity contribution >= 4 is 0 Å². The number of para-hydroxylation sites is 1. The first kappa shape index (κ1) is 12.8. The van der Waals surface area contributed by atoms with E-state index in [0.29, 0.717) is 17.9 Å². The highest BCUT2D eigenvalue weighted by atomic mass is 16.7. The number of ether oxygens (including phenoxy) is 4. The van der Waals surface area contributed by atoms with Crippen LogP contribution in [0.25, 0.3) is 0 Å². The van der Waals surface area contributed by atoms with Gasteiger partial charge in [0.15, 0.2) is 25.1 Å². The Hall–Kier alpha value is -1.26. The van der Waals surface area contributed by atoms with Gasteiger partial charge in [-0.1, -0.05) is 12.1 Å². The Labute approximate surface area is 96.1 Å². The van der Waals surface area contributed by atoms with Crippen molar-refractivity contribution in [1.82, 2.24) is 0 Å². The van der Waals surface area contributed by atoms with Gasteiger partial charge in [0.1, 0.15) is 0 Å². The standard InChI is InChI=1S/C12H17O4/c1-4-10-6-5-7-11(15-8-13-2)12(10)16-9-14-3/h5-7H,1,4,8-9H2,2-3H3. The van der Waals surface area contributed by atoms with E-state index in [2.05, 4.69) is 6.92 Å². The van der Waals surface area contributed by atoms with Gasteiger partial charge in [-0.2, -0.15) is 0 Å². The molecule has 0 heterocycles. The van der Waals surface area contributed by atoms with E-state index in [0.717, 1.165) is 5.56 Å². The number of hydrogen-bond donors (Lipinski definition) is 0. The lowest BCUT2D eigenvalue weighted by molar-refractivity contribution is 0.0318. The molecule has 4 nitrogen and oxygen atoms in total. The van der Waals surface area contributed by atoms with E-state index >= 15 is 0 Å². The molecule has 0 saturated heterocycles. The number of rotatable bonds is 7. The van der Waals surface area contributed by atoms with Crippen LogP contribution in [0.3, 0.4) is 0 Å². The molecule has 0 saturated carbocycles. The third-order valence-corrected chi connectivity index (χ3v) is 1.98. The van der Waals surface area contributed by atoms with Gasteiger partial charge in [0, 0.05) is 14.2 Å². The molecular weight excluding hydrogens is 208 g/mol. The van der Waals surface area contributed by atoms with Crippen LogP contribution in [0.15, 0.2) is 18.2 Å². The average Bonchev–Trinajstić information content (AvgIpc) is 2.33. The van der Waals surface area contributed by atoms with Crippen molar-refractivity contribution in [1.29, 1.82) is 0 Å². The minimum atomic E-state index is 0.181. The topological polar surface area (TPSA) is 36.9 Å². The fourth-order valence-corrected chi connectivity index (χ4v) is 1.28. The van der Waals surface area contributed by atoms with E-state index in [-0.39, 0.29) is 13.6 Å². The zero-order valence-corrected chi connectivity index (χ0v) is 9.69. The predicted octanol–water partition coefficient (Wildman–Crippen LogP) is 2.03. The van der Waals surface area contributed by atoms with E-state index in [1.807, 2.05) is 18.2 Å². The minimum absolute atomic E-state index is 0.181. The van der Waals surface area contributed by atoms with Gasteiger partial charge >= 0.3 is 0 Å². The SMILES string of the molecule is [CH2]Cc1cccc(OCOC)c1OCOC. The molecule has 1 aromatic carbocycles. The van der Waals surface area contributed by atoms with Crippen LogP contribution in [-0.4, -0.2) is 27.8 Å². The van der Waals surface area contributed by atoms with Gasteiger partial charge in [0.05, 0.1) is 0 Å². The molecule has 4 heteroatoms. The average molecular weight is 225 g/mol. The number of benzene rings is 1. The fraction of sp³-hybridized carbons (Fsp3) is 0.417. The quantitative estimate of drug-likeness (QED) is 0.665. The lowest BCUT2D eigenvalue weighted by Crippen LogP contribution is -2.06. The van der Waals surface area contributed by atoms with Crippen molar-refractivity contribution in [3.05, 3.63) is 30.7 Å². The highest BCUT2D eigenvalue weighted by molar-refractivity contribution is 5.46. The summed E-state index contributed by atoms with van der Waals surface area (Å²) in [6.07, 6.45) is 0.628. The van der Waals surface area contributed by atoms with Crippen LogP contribution in [0.2, 0.25) is 0 Å². The summed E-state index contributed by atoms with van der Waals surface area (Å²) in [6, 6.07) is 5.66. The van der Waals surface area contributed by atoms with Crippen LogP contribution in [0.5, 0.6) is 11.5 Å². The molecule has 0 aliphatic carbocycles. The largest absolute Gasteiger partial charge is 0.464 e. The third-order valence-electron chi connectivity index (χ3n) is 1.98. The molecule has 1 rings (SSSR count). The Bertz CT molecular complexity index is 312. The maximum absolute atomic E-state index is 5.46. The summed E-state index contributed by atoms with van der Waals surface area (Å²) in [5.41, 5.74) is 0.977. The van der Waals surface area contributed by atoms with Gasteiger partial charge in [-0.3, -0.25) is 0 Å². The lowest BCUT2D eigenvalue weighted by atomic mass is 10.1. The van der Waals surface area contributed by atoms with Crippen molar-refractivity contribution in [2.45, 2.75) is 6.42 Å². The Balaban J connectivity index is 2.86. The zero-order valence-electron chi connectivity index (χ0n) is 9.69. The predicted molar refractivity (Wildman–Crippen MR) is 60.5 cm³/mol. The van der Waals surface area contributed by atoms with Crippen molar-refractivity contribution in [3.8, 4) is 11.5 Å². The minimum Gasteiger partial charge on any atom is -0.464 e. The summed E-state index contributed by atoms with van der Waals surface area (Å²) in [4.78, 5) is 0. The molecule has 0 aromatic heterocycles. The van der Waals surface area contributed by atoms with Crippen LogP contribution < -0.4 is 9.47 Å². The summed E-state index contributed by atoms with van der Waals surface area (Å²) >= 11 is 0. The molecule has 0 atom stereocenters. The molecule has 89 valence electrons. The van der Waals surface area contributed by atoms with Gasteiger partial charge in [-0.05, 0) is 25.0 Å². The van der Waals surface area contributed by atoms with Gasteiger partial charge in [-0.15, -0.1) is 0 Å². The Morgan fingerprint density at radius 1 is 1.06 bits per heavy atom. The second kappa shape index (κ2) is 7.09. The van der Waals surface area contributed by atoms with Crippen LogP contribution >= 0.6 is 0 Å². The van der Waals surface area contributed by atoms with Crippen molar-refractivity contribution in [2.75, 3.05) is 27.8 Å². The number of methoxy groups -OCH3 is 2. The van der Waals surface area contributed by atoms with Gasteiger partial charge in [-0.25, -0.2) is 0 Å². The first-order valence-electron chi connectivity index (χ1n) is 4.98. The maximum atomic E-state index is 5.46. The van der Waals surface area contributed by atoms with Crippen molar-refractivity contribution in [3.63, 3.8) is 0 Å². The summed E-state index contributed by atoms with van der Waals surface area (Å²) in [7, 11) is 3.14. The van der Waals surface area contributed by atoms with Gasteiger partial charge in [0.2, 0.25) is 0 Å². The molecule has 0 N–H and O–H groups in total. The van der Waals surface area contributed by atoms with E-state index in [4.69, 9.17) is 18.9 Å². The molecule has 0 bridgehead atoms. The Morgan fingerprint density at radius 2 is 1.75 bits per heavy atom. The molecule has 1 aromatic rings. The normalized spacial score (nSPS) is 10.2. The molecule has 0 aliphatic rings. The molecule has 0 amide bonds. The molecule has 16 heavy (non-hydrogen) atoms. The Morgan fingerprint density at radius 3 is 2.38 bits per heavy atom. The number of hydrogen-bond acceptors (Lipinski definition) is 4. The molecule has 0 spiro atoms. The van der Waals surface area contributed by atoms with Crippen molar-refractivity contribution < 1.29 is 18.9 Å². The summed E-state index contributed by atoms with van der Waals surface area (Å²) < 4.78 is 20.6. The molecular formula is C12H17O4. The third kappa shape index (κ3) is 3.40. The van der Waals surface area contributed by atoms with Gasteiger partial charge < -0.3 is 18.9 Å². The van der Waals surface area contributed by atoms with Gasteiger partial charge in [0.25, 0.3) is 0 Å². The second-order valence-corrected chi connectivity index (χ2v) is 3.10. The van der Waals surface area contributed by atoms with Crippen LogP contribution in [0.1, 0.15) is 5.56 Å². The molecule has 0 aliphatic heterocycles. The highest BCUT2D eigenvalue weighted by Gasteiger charge is 2.09. The van der Waals surface area contributed by atoms with Crippen LogP contribution in [0, 0.1) is 6.92 Å². The monoisotopic (exact) mass is 225 g/mol. The van der Waals surface area contributed by atoms with E-state index in [1.54, 1.807) is 14.2 Å². The highest BCUT2D eigenvalue weighted by Crippen LogP contribution is 2.31. The van der Waals surface area contributed by atoms with E-state index < -0.39 is 0 Å². The molecule has 0 fully saturated rings. The van der Waals surface area contributed by atoms with Crippen LogP contribution in [0.4, 0.5) is 0 Å². The second-order valence-electron chi connectivity index (χ2n) is 3.10. The Kier molecular flexibility index (Phi) is 5.67. The van der Waals surface area contributed by atoms with E-state index in [1.165, 1.54) is 0 Å². The summed E-state index contributed by atoms with van der Waals surface area (Å²) in [5.74, 6) is 1.30. The summed E-state index contributed by atoms with van der Waals surface area (Å²) in [5, 5.41) is 0. The summed E-state index contributed by atoms with van der Waals surface area (Å²) in [6.45, 7) is 4.20. The lowest BCUT2D eigenvalue weighted by Gasteiger charge is -2.14. The first-order chi connectivity index (χ1) is 7.83. The van der Waals surface area contributed by atoms with Crippen LogP contribution in [-0.2, 0) is 15.9 Å².